The van der Waals surface area contributed by atoms with Crippen molar-refractivity contribution in [3.05, 3.63) is 47.7 Å². The van der Waals surface area contributed by atoms with E-state index < -0.39 is 17.6 Å². The van der Waals surface area contributed by atoms with Crippen LogP contribution in [-0.2, 0) is 7.05 Å². The minimum Gasteiger partial charge on any atom is -0.477 e. The first-order chi connectivity index (χ1) is 8.00. The Labute approximate surface area is 95.9 Å². The summed E-state index contributed by atoms with van der Waals surface area (Å²) in [5.74, 6) is -2.48. The van der Waals surface area contributed by atoms with Gasteiger partial charge in [-0.05, 0) is 24.3 Å². The molecule has 1 heterocycles. The third kappa shape index (κ3) is 1.91. The number of rotatable bonds is 2. The minimum absolute atomic E-state index is 0.0451. The van der Waals surface area contributed by atoms with Gasteiger partial charge in [-0.3, -0.25) is 0 Å². The third-order valence-electron chi connectivity index (χ3n) is 2.55. The smallest absolute Gasteiger partial charge is 0.352 e. The normalized spacial score (nSPS) is 10.5. The van der Waals surface area contributed by atoms with Crippen molar-refractivity contribution in [2.24, 2.45) is 7.05 Å². The fourth-order valence-electron chi connectivity index (χ4n) is 1.69. The molecule has 0 amide bonds. The van der Waals surface area contributed by atoms with Crippen molar-refractivity contribution in [1.82, 2.24) is 4.57 Å². The van der Waals surface area contributed by atoms with Crippen molar-refractivity contribution in [3.63, 3.8) is 0 Å². The molecule has 1 N–H and O–H groups in total. The van der Waals surface area contributed by atoms with E-state index in [4.69, 9.17) is 5.11 Å². The van der Waals surface area contributed by atoms with Crippen LogP contribution in [0.2, 0.25) is 0 Å². The second-order valence-electron chi connectivity index (χ2n) is 3.59. The molecule has 0 radical (unpaired) electrons. The molecule has 88 valence electrons. The summed E-state index contributed by atoms with van der Waals surface area (Å²) in [5, 5.41) is 8.86. The van der Waals surface area contributed by atoms with Gasteiger partial charge in [0.1, 0.15) is 17.3 Å². The highest BCUT2D eigenvalue weighted by Crippen LogP contribution is 2.25. The molecule has 0 atom stereocenters. The molecule has 3 nitrogen and oxygen atoms in total. The first-order valence-corrected chi connectivity index (χ1v) is 4.85. The number of aromatic carboxylic acids is 1. The second kappa shape index (κ2) is 4.01. The molecule has 17 heavy (non-hydrogen) atoms. The van der Waals surface area contributed by atoms with Gasteiger partial charge >= 0.3 is 5.97 Å². The van der Waals surface area contributed by atoms with E-state index in [0.29, 0.717) is 5.69 Å². The Hall–Kier alpha value is -2.17. The Bertz CT molecular complexity index is 590. The molecule has 0 aliphatic rings. The summed E-state index contributed by atoms with van der Waals surface area (Å²) in [6.45, 7) is 0. The van der Waals surface area contributed by atoms with Gasteiger partial charge in [-0.15, -0.1) is 0 Å². The standard InChI is InChI=1S/C12H9F2NO2/c1-15-10(4-5-11(15)12(16)17)8-3-2-7(13)6-9(8)14/h2-6H,1H3,(H,16,17). The molecule has 0 bridgehead atoms. The number of carboxylic acids is 1. The van der Waals surface area contributed by atoms with Crippen molar-refractivity contribution >= 4 is 5.97 Å². The van der Waals surface area contributed by atoms with Gasteiger partial charge in [0, 0.05) is 18.7 Å². The van der Waals surface area contributed by atoms with Crippen LogP contribution < -0.4 is 0 Å². The number of nitrogens with zero attached hydrogens (tertiary/aromatic N) is 1. The van der Waals surface area contributed by atoms with E-state index in [0.717, 1.165) is 12.1 Å². The van der Waals surface area contributed by atoms with Crippen LogP contribution in [0.1, 0.15) is 10.5 Å². The number of aromatic nitrogens is 1. The van der Waals surface area contributed by atoms with Crippen LogP contribution in [0.15, 0.2) is 30.3 Å². The SMILES string of the molecule is Cn1c(C(=O)O)ccc1-c1ccc(F)cc1F. The number of hydrogen-bond donors (Lipinski definition) is 1. The van der Waals surface area contributed by atoms with Gasteiger partial charge in [0.2, 0.25) is 0 Å². The maximum atomic E-state index is 13.5. The summed E-state index contributed by atoms with van der Waals surface area (Å²) < 4.78 is 27.6. The molecule has 0 saturated carbocycles. The zero-order valence-corrected chi connectivity index (χ0v) is 8.95. The maximum Gasteiger partial charge on any atom is 0.352 e. The Morgan fingerprint density at radius 3 is 2.47 bits per heavy atom. The van der Waals surface area contributed by atoms with Crippen LogP contribution in [0.5, 0.6) is 0 Å². The van der Waals surface area contributed by atoms with Crippen molar-refractivity contribution in [1.29, 1.82) is 0 Å². The molecule has 0 fully saturated rings. The lowest BCUT2D eigenvalue weighted by Crippen LogP contribution is -2.05. The quantitative estimate of drug-likeness (QED) is 0.872. The molecular weight excluding hydrogens is 228 g/mol. The molecule has 1 aromatic heterocycles. The topological polar surface area (TPSA) is 42.2 Å². The van der Waals surface area contributed by atoms with Gasteiger partial charge in [0.05, 0.1) is 5.69 Å². The largest absolute Gasteiger partial charge is 0.477 e. The molecule has 2 rings (SSSR count). The van der Waals surface area contributed by atoms with Gasteiger partial charge in [0.15, 0.2) is 0 Å². The average molecular weight is 237 g/mol. The summed E-state index contributed by atoms with van der Waals surface area (Å²) in [6, 6.07) is 6.04. The zero-order valence-electron chi connectivity index (χ0n) is 8.95. The van der Waals surface area contributed by atoms with Crippen LogP contribution in [-0.4, -0.2) is 15.6 Å². The number of hydrogen-bond acceptors (Lipinski definition) is 1. The van der Waals surface area contributed by atoms with Crippen LogP contribution in [0, 0.1) is 11.6 Å². The summed E-state index contributed by atoms with van der Waals surface area (Å²) in [7, 11) is 1.52. The van der Waals surface area contributed by atoms with Crippen LogP contribution in [0.25, 0.3) is 11.3 Å². The van der Waals surface area contributed by atoms with E-state index in [1.165, 1.54) is 29.8 Å². The highest BCUT2D eigenvalue weighted by atomic mass is 19.1. The first-order valence-electron chi connectivity index (χ1n) is 4.85. The lowest BCUT2D eigenvalue weighted by atomic mass is 10.1. The molecular formula is C12H9F2NO2. The second-order valence-corrected chi connectivity index (χ2v) is 3.59. The minimum atomic E-state index is -1.10. The lowest BCUT2D eigenvalue weighted by molar-refractivity contribution is 0.0686. The van der Waals surface area contributed by atoms with Crippen LogP contribution in [0.4, 0.5) is 8.78 Å². The van der Waals surface area contributed by atoms with E-state index in [1.54, 1.807) is 0 Å². The van der Waals surface area contributed by atoms with E-state index in [1.807, 2.05) is 0 Å². The molecule has 5 heteroatoms. The molecule has 0 spiro atoms. The summed E-state index contributed by atoms with van der Waals surface area (Å²) in [4.78, 5) is 10.8. The number of benzene rings is 1. The Kier molecular flexibility index (Phi) is 2.67. The predicted octanol–water partition coefficient (Wildman–Crippen LogP) is 2.67. The number of carbonyl (C=O) groups is 1. The highest BCUT2D eigenvalue weighted by molar-refractivity contribution is 5.87. The van der Waals surface area contributed by atoms with E-state index in [-0.39, 0.29) is 11.3 Å². The maximum absolute atomic E-state index is 13.5. The summed E-state index contributed by atoms with van der Waals surface area (Å²) in [6.07, 6.45) is 0. The predicted molar refractivity (Wildman–Crippen MR) is 57.7 cm³/mol. The number of carboxylic acid groups (broad SMARTS) is 1. The zero-order chi connectivity index (χ0) is 12.6. The fraction of sp³-hybridized carbons (Fsp3) is 0.0833. The molecule has 0 unspecified atom stereocenters. The Morgan fingerprint density at radius 1 is 1.24 bits per heavy atom. The Morgan fingerprint density at radius 2 is 1.94 bits per heavy atom. The van der Waals surface area contributed by atoms with Crippen molar-refractivity contribution in [2.45, 2.75) is 0 Å². The number of halogens is 2. The van der Waals surface area contributed by atoms with Gasteiger partial charge < -0.3 is 9.67 Å². The molecule has 0 aliphatic carbocycles. The molecule has 0 saturated heterocycles. The highest BCUT2D eigenvalue weighted by Gasteiger charge is 2.14. The van der Waals surface area contributed by atoms with Crippen molar-refractivity contribution < 1.29 is 18.7 Å². The van der Waals surface area contributed by atoms with E-state index >= 15 is 0 Å². The molecule has 1 aromatic carbocycles. The summed E-state index contributed by atoms with van der Waals surface area (Å²) >= 11 is 0. The van der Waals surface area contributed by atoms with Gasteiger partial charge in [-0.2, -0.15) is 0 Å². The monoisotopic (exact) mass is 237 g/mol. The van der Waals surface area contributed by atoms with Gasteiger partial charge in [0.25, 0.3) is 0 Å². The first kappa shape index (κ1) is 11.3. The third-order valence-corrected chi connectivity index (χ3v) is 2.55. The van der Waals surface area contributed by atoms with E-state index in [9.17, 15) is 13.6 Å². The molecule has 2 aromatic rings. The van der Waals surface area contributed by atoms with Crippen LogP contribution in [0.3, 0.4) is 0 Å². The van der Waals surface area contributed by atoms with Crippen molar-refractivity contribution in [2.75, 3.05) is 0 Å². The van der Waals surface area contributed by atoms with E-state index in [2.05, 4.69) is 0 Å². The van der Waals surface area contributed by atoms with Gasteiger partial charge in [-0.25, -0.2) is 13.6 Å². The van der Waals surface area contributed by atoms with Gasteiger partial charge in [-0.1, -0.05) is 0 Å². The Balaban J connectivity index is 2.57. The van der Waals surface area contributed by atoms with Crippen LogP contribution >= 0.6 is 0 Å². The van der Waals surface area contributed by atoms with Crippen molar-refractivity contribution in [3.8, 4) is 11.3 Å². The lowest BCUT2D eigenvalue weighted by Gasteiger charge is -2.06. The fourth-order valence-corrected chi connectivity index (χ4v) is 1.69. The average Bonchev–Trinajstić information content (AvgIpc) is 2.60. The molecule has 0 aliphatic heterocycles. The summed E-state index contributed by atoms with van der Waals surface area (Å²) in [5.41, 5.74) is 0.602.